The Morgan fingerprint density at radius 3 is 1.51 bits per heavy atom. The number of nitrogens with zero attached hydrogens (tertiary/aromatic N) is 3. The minimum atomic E-state index is -0.298. The smallest absolute Gasteiger partial charge is 0.266 e. The van der Waals surface area contributed by atoms with E-state index in [0.29, 0.717) is 22.5 Å². The molecule has 0 aliphatic carbocycles. The molecule has 1 aliphatic rings. The highest BCUT2D eigenvalue weighted by Crippen LogP contribution is 2.43. The molecule has 35 heavy (non-hydrogen) atoms. The average Bonchev–Trinajstić information content (AvgIpc) is 3.44. The highest BCUT2D eigenvalue weighted by Gasteiger charge is 2.42. The predicted molar refractivity (Wildman–Crippen MR) is 144 cm³/mol. The van der Waals surface area contributed by atoms with Crippen LogP contribution in [0.4, 0.5) is 17.1 Å². The third-order valence-corrected chi connectivity index (χ3v) is 7.78. The summed E-state index contributed by atoms with van der Waals surface area (Å²) in [6.07, 6.45) is 0. The van der Waals surface area contributed by atoms with Crippen molar-refractivity contribution in [2.75, 3.05) is 4.90 Å². The minimum Gasteiger partial charge on any atom is -0.268 e. The van der Waals surface area contributed by atoms with Gasteiger partial charge in [-0.05, 0) is 76.2 Å². The Morgan fingerprint density at radius 1 is 0.629 bits per heavy atom. The van der Waals surface area contributed by atoms with Gasteiger partial charge in [0.25, 0.3) is 11.8 Å². The molecule has 5 nitrogen and oxygen atoms in total. The molecule has 3 heterocycles. The molecule has 0 saturated carbocycles. The lowest BCUT2D eigenvalue weighted by molar-refractivity contribution is -0.119. The van der Waals surface area contributed by atoms with Crippen LogP contribution in [-0.4, -0.2) is 11.8 Å². The summed E-state index contributed by atoms with van der Waals surface area (Å²) in [5, 5.41) is 8.50. The number of hydrogen-bond acceptors (Lipinski definition) is 6. The topological polar surface area (TPSA) is 62.1 Å². The van der Waals surface area contributed by atoms with E-state index < -0.39 is 0 Å². The first-order valence-electron chi connectivity index (χ1n) is 11.2. The van der Waals surface area contributed by atoms with E-state index in [-0.39, 0.29) is 11.8 Å². The number of aryl methyl sites for hydroxylation is 4. The number of benzene rings is 2. The normalized spacial score (nSPS) is 14.1. The first-order chi connectivity index (χ1) is 16.8. The second kappa shape index (κ2) is 9.17. The van der Waals surface area contributed by atoms with Crippen LogP contribution in [0.1, 0.15) is 30.6 Å². The fraction of sp³-hybridized carbons (Fsp3) is 0.143. The number of anilines is 1. The maximum Gasteiger partial charge on any atom is 0.266 e. The molecule has 0 unspecified atom stereocenters. The maximum atomic E-state index is 13.8. The van der Waals surface area contributed by atoms with Crippen molar-refractivity contribution in [1.82, 2.24) is 0 Å². The van der Waals surface area contributed by atoms with Crippen molar-refractivity contribution in [3.8, 4) is 0 Å². The van der Waals surface area contributed by atoms with E-state index in [9.17, 15) is 9.59 Å². The molecule has 1 aliphatic heterocycles. The Morgan fingerprint density at radius 2 is 1.09 bits per heavy atom. The largest absolute Gasteiger partial charge is 0.268 e. The van der Waals surface area contributed by atoms with Crippen LogP contribution in [0.2, 0.25) is 0 Å². The quantitative estimate of drug-likeness (QED) is 0.207. The van der Waals surface area contributed by atoms with E-state index in [1.54, 1.807) is 46.9 Å². The van der Waals surface area contributed by atoms with Crippen molar-refractivity contribution < 1.29 is 9.59 Å². The Labute approximate surface area is 212 Å². The number of thiophene rings is 2. The zero-order chi connectivity index (χ0) is 24.7. The Hall–Kier alpha value is -3.68. The standard InChI is InChI=1S/C28H23N3O2S2/c1-16-14-23(18(3)34-16)25-26(24-15-17(2)35-19(24)4)28(33)31(27(25)32)22-12-10-21(11-13-22)30-29-20-8-6-5-7-9-20/h5-15H,1-4H3. The highest BCUT2D eigenvalue weighted by atomic mass is 32.1. The van der Waals surface area contributed by atoms with Gasteiger partial charge in [-0.25, -0.2) is 4.90 Å². The van der Waals surface area contributed by atoms with Crippen LogP contribution < -0.4 is 4.90 Å². The van der Waals surface area contributed by atoms with Gasteiger partial charge >= 0.3 is 0 Å². The van der Waals surface area contributed by atoms with Gasteiger partial charge in [-0.1, -0.05) is 18.2 Å². The zero-order valence-corrected chi connectivity index (χ0v) is 21.5. The molecule has 2 amide bonds. The van der Waals surface area contributed by atoms with Crippen molar-refractivity contribution in [2.24, 2.45) is 10.2 Å². The van der Waals surface area contributed by atoms with Crippen LogP contribution in [0.3, 0.4) is 0 Å². The van der Waals surface area contributed by atoms with Gasteiger partial charge < -0.3 is 0 Å². The van der Waals surface area contributed by atoms with E-state index in [4.69, 9.17) is 0 Å². The van der Waals surface area contributed by atoms with Crippen molar-refractivity contribution in [3.63, 3.8) is 0 Å². The molecular weight excluding hydrogens is 474 g/mol. The van der Waals surface area contributed by atoms with Crippen molar-refractivity contribution in [1.29, 1.82) is 0 Å². The molecular formula is C28H23N3O2S2. The molecule has 0 N–H and O–H groups in total. The van der Waals surface area contributed by atoms with Gasteiger partial charge in [0.05, 0.1) is 28.2 Å². The third-order valence-electron chi connectivity index (χ3n) is 5.85. The molecule has 0 spiro atoms. The minimum absolute atomic E-state index is 0.298. The number of imide groups is 1. The summed E-state index contributed by atoms with van der Waals surface area (Å²) >= 11 is 3.26. The summed E-state index contributed by atoms with van der Waals surface area (Å²) in [6, 6.07) is 20.5. The molecule has 0 fully saturated rings. The zero-order valence-electron chi connectivity index (χ0n) is 19.8. The van der Waals surface area contributed by atoms with Crippen LogP contribution >= 0.6 is 22.7 Å². The Balaban J connectivity index is 1.54. The van der Waals surface area contributed by atoms with Crippen molar-refractivity contribution in [2.45, 2.75) is 27.7 Å². The number of azo groups is 1. The number of hydrogen-bond donors (Lipinski definition) is 0. The van der Waals surface area contributed by atoms with Gasteiger partial charge in [-0.2, -0.15) is 10.2 Å². The van der Waals surface area contributed by atoms with E-state index in [1.165, 1.54) is 4.90 Å². The molecule has 2 aromatic carbocycles. The first-order valence-corrected chi connectivity index (χ1v) is 12.8. The second-order valence-corrected chi connectivity index (χ2v) is 11.3. The summed E-state index contributed by atoms with van der Waals surface area (Å²) in [7, 11) is 0. The fourth-order valence-corrected chi connectivity index (χ4v) is 6.16. The van der Waals surface area contributed by atoms with Gasteiger partial charge in [-0.15, -0.1) is 22.7 Å². The molecule has 0 bridgehead atoms. The lowest BCUT2D eigenvalue weighted by atomic mass is 9.97. The van der Waals surface area contributed by atoms with Gasteiger partial charge in [0.15, 0.2) is 0 Å². The summed E-state index contributed by atoms with van der Waals surface area (Å²) in [5.41, 5.74) is 4.53. The number of carbonyl (C=O) groups excluding carboxylic acids is 2. The van der Waals surface area contributed by atoms with Crippen molar-refractivity contribution in [3.05, 3.63) is 97.4 Å². The lowest BCUT2D eigenvalue weighted by Gasteiger charge is -2.15. The van der Waals surface area contributed by atoms with Gasteiger partial charge in [0.2, 0.25) is 0 Å². The second-order valence-electron chi connectivity index (χ2n) is 8.40. The maximum absolute atomic E-state index is 13.8. The molecule has 0 saturated heterocycles. The Kier molecular flexibility index (Phi) is 6.05. The molecule has 174 valence electrons. The van der Waals surface area contributed by atoms with Crippen LogP contribution in [0, 0.1) is 27.7 Å². The first kappa shape index (κ1) is 23.1. The number of amides is 2. The van der Waals surface area contributed by atoms with Gasteiger partial charge in [0, 0.05) is 30.6 Å². The average molecular weight is 498 g/mol. The SMILES string of the molecule is Cc1cc(C2=C(c3cc(C)sc3C)C(=O)N(c3ccc(N=Nc4ccccc4)cc3)C2=O)c(C)s1. The molecule has 0 radical (unpaired) electrons. The molecule has 7 heteroatoms. The summed E-state index contributed by atoms with van der Waals surface area (Å²) < 4.78 is 0. The third kappa shape index (κ3) is 4.29. The van der Waals surface area contributed by atoms with Crippen molar-refractivity contribution >= 4 is 62.7 Å². The molecule has 5 rings (SSSR count). The van der Waals surface area contributed by atoms with Crippen LogP contribution in [-0.2, 0) is 9.59 Å². The summed E-state index contributed by atoms with van der Waals surface area (Å²) in [4.78, 5) is 33.1. The summed E-state index contributed by atoms with van der Waals surface area (Å²) in [6.45, 7) is 8.03. The summed E-state index contributed by atoms with van der Waals surface area (Å²) in [5.74, 6) is -0.597. The van der Waals surface area contributed by atoms with Crippen LogP contribution in [0.15, 0.2) is 77.0 Å². The molecule has 4 aromatic rings. The fourth-order valence-electron chi connectivity index (χ4n) is 4.30. The van der Waals surface area contributed by atoms with E-state index in [2.05, 4.69) is 10.2 Å². The number of carbonyl (C=O) groups is 2. The monoisotopic (exact) mass is 497 g/mol. The van der Waals surface area contributed by atoms with Gasteiger partial charge in [-0.3, -0.25) is 9.59 Å². The highest BCUT2D eigenvalue weighted by molar-refractivity contribution is 7.12. The van der Waals surface area contributed by atoms with E-state index in [1.807, 2.05) is 70.2 Å². The Bertz CT molecular complexity index is 1440. The lowest BCUT2D eigenvalue weighted by Crippen LogP contribution is -2.31. The molecule has 2 aromatic heterocycles. The molecule has 0 atom stereocenters. The van der Waals surface area contributed by atoms with Crippen LogP contribution in [0.25, 0.3) is 11.1 Å². The van der Waals surface area contributed by atoms with E-state index >= 15 is 0 Å². The number of rotatable bonds is 5. The van der Waals surface area contributed by atoms with E-state index in [0.717, 1.165) is 36.3 Å². The predicted octanol–water partition coefficient (Wildman–Crippen LogP) is 7.94. The van der Waals surface area contributed by atoms with Crippen LogP contribution in [0.5, 0.6) is 0 Å². The van der Waals surface area contributed by atoms with Gasteiger partial charge in [0.1, 0.15) is 0 Å².